The van der Waals surface area contributed by atoms with Crippen LogP contribution in [0.3, 0.4) is 0 Å². The van der Waals surface area contributed by atoms with Gasteiger partial charge in [-0.25, -0.2) is 4.68 Å². The van der Waals surface area contributed by atoms with Crippen molar-refractivity contribution in [2.24, 2.45) is 0 Å². The Bertz CT molecular complexity index is 805. The van der Waals surface area contributed by atoms with Crippen molar-refractivity contribution in [1.82, 2.24) is 14.7 Å². The Morgan fingerprint density at radius 3 is 2.88 bits per heavy atom. The third kappa shape index (κ3) is 3.83. The molecule has 25 heavy (non-hydrogen) atoms. The van der Waals surface area contributed by atoms with Gasteiger partial charge in [0.2, 0.25) is 0 Å². The lowest BCUT2D eigenvalue weighted by Gasteiger charge is -2.31. The molecule has 0 bridgehead atoms. The van der Waals surface area contributed by atoms with Gasteiger partial charge in [-0.15, -0.1) is 0 Å². The van der Waals surface area contributed by atoms with Crippen molar-refractivity contribution < 1.29 is 19.4 Å². The van der Waals surface area contributed by atoms with E-state index in [1.807, 2.05) is 25.1 Å². The van der Waals surface area contributed by atoms with Crippen LogP contribution in [0.1, 0.15) is 22.6 Å². The van der Waals surface area contributed by atoms with Crippen LogP contribution < -0.4 is 0 Å². The number of aryl methyl sites for hydroxylation is 1. The number of halogens is 1. The normalized spacial score (nSPS) is 17.5. The van der Waals surface area contributed by atoms with Crippen LogP contribution in [0.15, 0.2) is 30.3 Å². The zero-order chi connectivity index (χ0) is 18.0. The largest absolute Gasteiger partial charge is 0.481 e. The number of para-hydroxylation sites is 1. The van der Waals surface area contributed by atoms with Gasteiger partial charge in [-0.05, 0) is 25.1 Å². The van der Waals surface area contributed by atoms with Gasteiger partial charge >= 0.3 is 5.97 Å². The predicted octanol–water partition coefficient (Wildman–Crippen LogP) is 2.15. The molecule has 7 nitrogen and oxygen atoms in total. The molecule has 1 N–H and O–H groups in total. The average Bonchev–Trinajstić information content (AvgIpc) is 2.96. The number of rotatable bonds is 4. The topological polar surface area (TPSA) is 84.7 Å². The number of hydrogen-bond acceptors (Lipinski definition) is 4. The molecule has 1 atom stereocenters. The molecule has 1 aliphatic rings. The highest BCUT2D eigenvalue weighted by molar-refractivity contribution is 6.32. The van der Waals surface area contributed by atoms with Gasteiger partial charge in [0.1, 0.15) is 0 Å². The van der Waals surface area contributed by atoms with E-state index in [-0.39, 0.29) is 18.9 Å². The van der Waals surface area contributed by atoms with Gasteiger partial charge in [0.25, 0.3) is 5.91 Å². The van der Waals surface area contributed by atoms with Crippen molar-refractivity contribution in [1.29, 1.82) is 0 Å². The molecule has 1 unspecified atom stereocenters. The molecule has 132 valence electrons. The number of aliphatic carboxylic acids is 1. The first-order valence-electron chi connectivity index (χ1n) is 7.90. The Balaban J connectivity index is 1.80. The first-order chi connectivity index (χ1) is 12.0. The van der Waals surface area contributed by atoms with Crippen LogP contribution >= 0.6 is 11.6 Å². The number of aromatic nitrogens is 2. The van der Waals surface area contributed by atoms with Gasteiger partial charge in [0.05, 0.1) is 29.8 Å². The zero-order valence-corrected chi connectivity index (χ0v) is 14.4. The Morgan fingerprint density at radius 1 is 1.40 bits per heavy atom. The summed E-state index contributed by atoms with van der Waals surface area (Å²) in [6.45, 7) is 2.81. The standard InChI is InChI=1S/C17H18ClN3O4/c1-11-8-14(19-21(11)15-5-3-2-4-13(15)18)17(24)20-6-7-25-12(10-20)9-16(22)23/h2-5,8,12H,6-7,9-10H2,1H3,(H,22,23). The molecule has 0 aliphatic carbocycles. The molecule has 8 heteroatoms. The minimum Gasteiger partial charge on any atom is -0.481 e. The molecule has 1 aromatic heterocycles. The van der Waals surface area contributed by atoms with Gasteiger partial charge in [-0.1, -0.05) is 23.7 Å². The molecule has 1 aliphatic heterocycles. The maximum atomic E-state index is 12.7. The summed E-state index contributed by atoms with van der Waals surface area (Å²) in [5.41, 5.74) is 1.78. The summed E-state index contributed by atoms with van der Waals surface area (Å²) in [6.07, 6.45) is -0.626. The number of amides is 1. The van der Waals surface area contributed by atoms with Crippen LogP contribution in [-0.4, -0.2) is 57.5 Å². The fourth-order valence-electron chi connectivity index (χ4n) is 2.83. The summed E-state index contributed by atoms with van der Waals surface area (Å²) in [5.74, 6) is -1.19. The highest BCUT2D eigenvalue weighted by Gasteiger charge is 2.28. The number of carboxylic acid groups (broad SMARTS) is 1. The summed E-state index contributed by atoms with van der Waals surface area (Å²) in [5, 5.41) is 13.8. The first kappa shape index (κ1) is 17.4. The molecule has 3 rings (SSSR count). The van der Waals surface area contributed by atoms with Crippen LogP contribution in [-0.2, 0) is 9.53 Å². The van der Waals surface area contributed by atoms with Crippen LogP contribution in [0, 0.1) is 6.92 Å². The number of carbonyl (C=O) groups is 2. The number of morpholine rings is 1. The third-order valence-electron chi connectivity index (χ3n) is 4.02. The number of hydrogen-bond donors (Lipinski definition) is 1. The number of benzene rings is 1. The lowest BCUT2D eigenvalue weighted by molar-refractivity contribution is -0.141. The van der Waals surface area contributed by atoms with Crippen LogP contribution in [0.5, 0.6) is 0 Å². The smallest absolute Gasteiger partial charge is 0.306 e. The second-order valence-electron chi connectivity index (χ2n) is 5.88. The maximum absolute atomic E-state index is 12.7. The van der Waals surface area contributed by atoms with Crippen molar-refractivity contribution in [3.63, 3.8) is 0 Å². The molecule has 1 aromatic carbocycles. The van der Waals surface area contributed by atoms with E-state index in [1.165, 1.54) is 0 Å². The molecule has 1 saturated heterocycles. The fraction of sp³-hybridized carbons (Fsp3) is 0.353. The van der Waals surface area contributed by atoms with Crippen molar-refractivity contribution in [3.8, 4) is 5.69 Å². The first-order valence-corrected chi connectivity index (χ1v) is 8.27. The quantitative estimate of drug-likeness (QED) is 0.899. The summed E-state index contributed by atoms with van der Waals surface area (Å²) >= 11 is 6.21. The van der Waals surface area contributed by atoms with E-state index in [0.717, 1.165) is 5.69 Å². The Kier molecular flexibility index (Phi) is 5.06. The number of carboxylic acids is 1. The van der Waals surface area contributed by atoms with E-state index in [1.54, 1.807) is 21.7 Å². The fourth-order valence-corrected chi connectivity index (χ4v) is 3.05. The zero-order valence-electron chi connectivity index (χ0n) is 13.7. The lowest BCUT2D eigenvalue weighted by atomic mass is 10.2. The van der Waals surface area contributed by atoms with E-state index in [0.29, 0.717) is 29.6 Å². The molecule has 2 aromatic rings. The van der Waals surface area contributed by atoms with Crippen molar-refractivity contribution >= 4 is 23.5 Å². The summed E-state index contributed by atoms with van der Waals surface area (Å²) < 4.78 is 7.03. The van der Waals surface area contributed by atoms with E-state index in [9.17, 15) is 9.59 Å². The molecule has 0 radical (unpaired) electrons. The third-order valence-corrected chi connectivity index (χ3v) is 4.34. The average molecular weight is 364 g/mol. The second kappa shape index (κ2) is 7.25. The van der Waals surface area contributed by atoms with E-state index in [2.05, 4.69) is 5.10 Å². The van der Waals surface area contributed by atoms with E-state index >= 15 is 0 Å². The Morgan fingerprint density at radius 2 is 2.16 bits per heavy atom. The predicted molar refractivity (Wildman–Crippen MR) is 91.2 cm³/mol. The molecule has 1 amide bonds. The summed E-state index contributed by atoms with van der Waals surface area (Å²) in [6, 6.07) is 8.97. The van der Waals surface area contributed by atoms with Crippen LogP contribution in [0.25, 0.3) is 5.69 Å². The second-order valence-corrected chi connectivity index (χ2v) is 6.28. The van der Waals surface area contributed by atoms with Gasteiger partial charge in [0.15, 0.2) is 5.69 Å². The number of nitrogens with zero attached hydrogens (tertiary/aromatic N) is 3. The number of carbonyl (C=O) groups excluding carboxylic acids is 1. The van der Waals surface area contributed by atoms with Crippen LogP contribution in [0.2, 0.25) is 5.02 Å². The van der Waals surface area contributed by atoms with Gasteiger partial charge in [0, 0.05) is 18.8 Å². The molecule has 2 heterocycles. The maximum Gasteiger partial charge on any atom is 0.306 e. The van der Waals surface area contributed by atoms with Gasteiger partial charge in [-0.3, -0.25) is 9.59 Å². The lowest BCUT2D eigenvalue weighted by Crippen LogP contribution is -2.46. The van der Waals surface area contributed by atoms with Crippen molar-refractivity contribution in [2.45, 2.75) is 19.4 Å². The molecule has 0 spiro atoms. The minimum atomic E-state index is -0.946. The van der Waals surface area contributed by atoms with E-state index in [4.69, 9.17) is 21.4 Å². The molecular weight excluding hydrogens is 346 g/mol. The molecular formula is C17H18ClN3O4. The van der Waals surface area contributed by atoms with Crippen molar-refractivity contribution in [2.75, 3.05) is 19.7 Å². The number of ether oxygens (including phenoxy) is 1. The van der Waals surface area contributed by atoms with Gasteiger partial charge in [-0.2, -0.15) is 5.10 Å². The summed E-state index contributed by atoms with van der Waals surface area (Å²) in [4.78, 5) is 25.1. The molecule has 0 saturated carbocycles. The monoisotopic (exact) mass is 363 g/mol. The highest BCUT2D eigenvalue weighted by Crippen LogP contribution is 2.22. The highest BCUT2D eigenvalue weighted by atomic mass is 35.5. The minimum absolute atomic E-state index is 0.128. The Labute approximate surface area is 149 Å². The van der Waals surface area contributed by atoms with Crippen molar-refractivity contribution in [3.05, 3.63) is 46.7 Å². The Hall–Kier alpha value is -2.38. The van der Waals surface area contributed by atoms with Gasteiger partial charge < -0.3 is 14.7 Å². The van der Waals surface area contributed by atoms with Crippen LogP contribution in [0.4, 0.5) is 0 Å². The van der Waals surface area contributed by atoms with E-state index < -0.39 is 12.1 Å². The summed E-state index contributed by atoms with van der Waals surface area (Å²) in [7, 11) is 0. The molecule has 1 fully saturated rings. The SMILES string of the molecule is Cc1cc(C(=O)N2CCOC(CC(=O)O)C2)nn1-c1ccccc1Cl.